The zero-order valence-electron chi connectivity index (χ0n) is 14.2. The number of aromatic nitrogens is 2. The molecule has 0 unspecified atom stereocenters. The molecule has 24 heavy (non-hydrogen) atoms. The number of rotatable bonds is 6. The van der Waals surface area contributed by atoms with Crippen molar-refractivity contribution in [1.29, 1.82) is 0 Å². The van der Waals surface area contributed by atoms with Gasteiger partial charge in [0.25, 0.3) is 0 Å². The standard InChI is InChI=1S/C18H24N4O2/c1-12(2)10-22-11-13(9-17(22)23)18(24)19-8-7-16-20-14-5-3-4-6-15(14)21-16/h3-6,12-13H,7-11H2,1-2H3,(H,19,24)(H,20,21)/t13-/m1/s1. The first-order valence-corrected chi connectivity index (χ1v) is 8.52. The number of fused-ring (bicyclic) bond motifs is 1. The fourth-order valence-corrected chi connectivity index (χ4v) is 3.14. The first-order valence-electron chi connectivity index (χ1n) is 8.52. The molecule has 0 aliphatic carbocycles. The van der Waals surface area contributed by atoms with E-state index in [0.717, 1.165) is 23.4 Å². The number of aromatic amines is 1. The largest absolute Gasteiger partial charge is 0.355 e. The highest BCUT2D eigenvalue weighted by atomic mass is 16.2. The van der Waals surface area contributed by atoms with Gasteiger partial charge in [-0.15, -0.1) is 0 Å². The number of carbonyl (C=O) groups excluding carboxylic acids is 2. The number of benzene rings is 1. The summed E-state index contributed by atoms with van der Waals surface area (Å²) in [5, 5.41) is 2.93. The molecule has 1 aromatic carbocycles. The highest BCUT2D eigenvalue weighted by Crippen LogP contribution is 2.19. The average molecular weight is 328 g/mol. The minimum Gasteiger partial charge on any atom is -0.355 e. The van der Waals surface area contributed by atoms with E-state index in [0.29, 0.717) is 31.8 Å². The number of carbonyl (C=O) groups is 2. The summed E-state index contributed by atoms with van der Waals surface area (Å²) >= 11 is 0. The van der Waals surface area contributed by atoms with Gasteiger partial charge in [0.1, 0.15) is 5.82 Å². The van der Waals surface area contributed by atoms with Crippen molar-refractivity contribution in [3.63, 3.8) is 0 Å². The van der Waals surface area contributed by atoms with Crippen LogP contribution in [0.4, 0.5) is 0 Å². The van der Waals surface area contributed by atoms with Gasteiger partial charge in [-0.05, 0) is 18.1 Å². The smallest absolute Gasteiger partial charge is 0.225 e. The van der Waals surface area contributed by atoms with Crippen molar-refractivity contribution in [2.75, 3.05) is 19.6 Å². The highest BCUT2D eigenvalue weighted by Gasteiger charge is 2.34. The topological polar surface area (TPSA) is 78.1 Å². The number of amides is 2. The van der Waals surface area contributed by atoms with Crippen LogP contribution < -0.4 is 5.32 Å². The number of H-pyrrole nitrogens is 1. The highest BCUT2D eigenvalue weighted by molar-refractivity contribution is 5.89. The lowest BCUT2D eigenvalue weighted by molar-refractivity contribution is -0.129. The van der Waals surface area contributed by atoms with Crippen LogP contribution in [0.2, 0.25) is 0 Å². The van der Waals surface area contributed by atoms with Crippen LogP contribution in [0.25, 0.3) is 11.0 Å². The minimum atomic E-state index is -0.230. The van der Waals surface area contributed by atoms with Crippen molar-refractivity contribution < 1.29 is 9.59 Å². The van der Waals surface area contributed by atoms with E-state index < -0.39 is 0 Å². The lowest BCUT2D eigenvalue weighted by atomic mass is 10.1. The fraction of sp³-hybridized carbons (Fsp3) is 0.500. The summed E-state index contributed by atoms with van der Waals surface area (Å²) < 4.78 is 0. The normalized spacial score (nSPS) is 17.9. The van der Waals surface area contributed by atoms with Gasteiger partial charge in [0, 0.05) is 32.5 Å². The number of nitrogens with one attached hydrogen (secondary N) is 2. The Hall–Kier alpha value is -2.37. The summed E-state index contributed by atoms with van der Waals surface area (Å²) in [5.41, 5.74) is 1.94. The molecule has 1 fully saturated rings. The Morgan fingerprint density at radius 3 is 2.96 bits per heavy atom. The van der Waals surface area contributed by atoms with E-state index in [4.69, 9.17) is 0 Å². The Morgan fingerprint density at radius 2 is 2.21 bits per heavy atom. The van der Waals surface area contributed by atoms with E-state index in [1.54, 1.807) is 4.90 Å². The number of hydrogen-bond acceptors (Lipinski definition) is 3. The molecule has 128 valence electrons. The molecule has 2 aromatic rings. The first kappa shape index (κ1) is 16.5. The molecule has 3 rings (SSSR count). The van der Waals surface area contributed by atoms with Gasteiger partial charge in [0.15, 0.2) is 0 Å². The Kier molecular flexibility index (Phi) is 4.83. The van der Waals surface area contributed by atoms with Gasteiger partial charge in [-0.25, -0.2) is 4.98 Å². The zero-order chi connectivity index (χ0) is 17.1. The maximum atomic E-state index is 12.3. The number of para-hydroxylation sites is 2. The van der Waals surface area contributed by atoms with Crippen LogP contribution in [0, 0.1) is 11.8 Å². The SMILES string of the molecule is CC(C)CN1C[C@H](C(=O)NCCc2nc3ccccc3[nH]2)CC1=O. The number of nitrogens with zero attached hydrogens (tertiary/aromatic N) is 2. The van der Waals surface area contributed by atoms with Crippen LogP contribution >= 0.6 is 0 Å². The summed E-state index contributed by atoms with van der Waals surface area (Å²) in [5.74, 6) is 1.10. The van der Waals surface area contributed by atoms with Crippen molar-refractivity contribution in [3.8, 4) is 0 Å². The van der Waals surface area contributed by atoms with Crippen molar-refractivity contribution in [2.24, 2.45) is 11.8 Å². The second-order valence-electron chi connectivity index (χ2n) is 6.84. The molecule has 0 radical (unpaired) electrons. The molecule has 2 heterocycles. The fourth-order valence-electron chi connectivity index (χ4n) is 3.14. The van der Waals surface area contributed by atoms with Crippen molar-refractivity contribution >= 4 is 22.8 Å². The summed E-state index contributed by atoms with van der Waals surface area (Å²) in [4.78, 5) is 33.8. The predicted octanol–water partition coefficient (Wildman–Crippen LogP) is 1.73. The number of imidazole rings is 1. The Bertz CT molecular complexity index is 704. The number of likely N-dealkylation sites (tertiary alicyclic amines) is 1. The Morgan fingerprint density at radius 1 is 1.42 bits per heavy atom. The molecular formula is C18H24N4O2. The predicted molar refractivity (Wildman–Crippen MR) is 92.3 cm³/mol. The maximum absolute atomic E-state index is 12.3. The number of hydrogen-bond donors (Lipinski definition) is 2. The summed E-state index contributed by atoms with van der Waals surface area (Å²) in [6, 6.07) is 7.86. The molecule has 0 spiro atoms. The molecule has 6 heteroatoms. The molecule has 1 saturated heterocycles. The van der Waals surface area contributed by atoms with Crippen LogP contribution in [0.3, 0.4) is 0 Å². The second-order valence-corrected chi connectivity index (χ2v) is 6.84. The monoisotopic (exact) mass is 328 g/mol. The molecule has 1 aliphatic heterocycles. The maximum Gasteiger partial charge on any atom is 0.225 e. The second kappa shape index (κ2) is 7.03. The van der Waals surface area contributed by atoms with Gasteiger partial charge in [0.05, 0.1) is 17.0 Å². The van der Waals surface area contributed by atoms with Gasteiger partial charge < -0.3 is 15.2 Å². The lowest BCUT2D eigenvalue weighted by Gasteiger charge is -2.18. The first-order chi connectivity index (χ1) is 11.5. The van der Waals surface area contributed by atoms with Gasteiger partial charge in [0.2, 0.25) is 11.8 Å². The molecule has 2 N–H and O–H groups in total. The third-order valence-electron chi connectivity index (χ3n) is 4.27. The van der Waals surface area contributed by atoms with Gasteiger partial charge in [-0.1, -0.05) is 26.0 Å². The third kappa shape index (κ3) is 3.75. The van der Waals surface area contributed by atoms with Crippen molar-refractivity contribution in [2.45, 2.75) is 26.7 Å². The van der Waals surface area contributed by atoms with E-state index >= 15 is 0 Å². The molecule has 2 amide bonds. The van der Waals surface area contributed by atoms with Crippen molar-refractivity contribution in [3.05, 3.63) is 30.1 Å². The van der Waals surface area contributed by atoms with Crippen LogP contribution in [-0.2, 0) is 16.0 Å². The minimum absolute atomic E-state index is 0.0364. The van der Waals surface area contributed by atoms with Crippen LogP contribution in [0.1, 0.15) is 26.1 Å². The molecule has 0 bridgehead atoms. The average Bonchev–Trinajstić information content (AvgIpc) is 3.10. The summed E-state index contributed by atoms with van der Waals surface area (Å²) in [7, 11) is 0. The van der Waals surface area contributed by atoms with Crippen molar-refractivity contribution in [1.82, 2.24) is 20.2 Å². The van der Waals surface area contributed by atoms with E-state index in [1.807, 2.05) is 24.3 Å². The molecule has 0 saturated carbocycles. The van der Waals surface area contributed by atoms with Crippen LogP contribution in [0.15, 0.2) is 24.3 Å². The van der Waals surface area contributed by atoms with E-state index in [-0.39, 0.29) is 17.7 Å². The van der Waals surface area contributed by atoms with Gasteiger partial charge >= 0.3 is 0 Å². The van der Waals surface area contributed by atoms with E-state index in [2.05, 4.69) is 29.1 Å². The summed E-state index contributed by atoms with van der Waals surface area (Å²) in [6.07, 6.45) is 0.972. The van der Waals surface area contributed by atoms with Crippen LogP contribution in [0.5, 0.6) is 0 Å². The molecule has 1 atom stereocenters. The van der Waals surface area contributed by atoms with Gasteiger partial charge in [-0.2, -0.15) is 0 Å². The molecule has 1 aromatic heterocycles. The van der Waals surface area contributed by atoms with Gasteiger partial charge in [-0.3, -0.25) is 9.59 Å². The Balaban J connectivity index is 1.48. The Labute approximate surface area is 141 Å². The molecular weight excluding hydrogens is 304 g/mol. The lowest BCUT2D eigenvalue weighted by Crippen LogP contribution is -2.35. The van der Waals surface area contributed by atoms with E-state index in [1.165, 1.54) is 0 Å². The third-order valence-corrected chi connectivity index (χ3v) is 4.27. The van der Waals surface area contributed by atoms with E-state index in [9.17, 15) is 9.59 Å². The van der Waals surface area contributed by atoms with Crippen LogP contribution in [-0.4, -0.2) is 46.3 Å². The zero-order valence-corrected chi connectivity index (χ0v) is 14.2. The quantitative estimate of drug-likeness (QED) is 0.847. The molecule has 6 nitrogen and oxygen atoms in total. The summed E-state index contributed by atoms with van der Waals surface area (Å²) in [6.45, 7) is 5.94. The molecule has 1 aliphatic rings.